The van der Waals surface area contributed by atoms with Crippen LogP contribution in [-0.4, -0.2) is 61.1 Å². The SMILES string of the molecule is CC[C@H]1CCC(=O)N(CCN2CCOCC2)C1C(C)C. The number of rotatable bonds is 5. The maximum absolute atomic E-state index is 12.3. The van der Waals surface area contributed by atoms with Crippen molar-refractivity contribution in [2.75, 3.05) is 39.4 Å². The summed E-state index contributed by atoms with van der Waals surface area (Å²) in [7, 11) is 0. The quantitative estimate of drug-likeness (QED) is 0.773. The molecular weight excluding hydrogens is 252 g/mol. The molecule has 0 spiro atoms. The molecule has 1 unspecified atom stereocenters. The summed E-state index contributed by atoms with van der Waals surface area (Å²) in [5.74, 6) is 1.59. The molecule has 1 amide bonds. The van der Waals surface area contributed by atoms with Crippen LogP contribution in [0.25, 0.3) is 0 Å². The summed E-state index contributed by atoms with van der Waals surface area (Å²) >= 11 is 0. The number of carbonyl (C=O) groups is 1. The van der Waals surface area contributed by atoms with E-state index in [1.165, 1.54) is 6.42 Å². The Bertz CT molecular complexity index is 314. The van der Waals surface area contributed by atoms with Crippen molar-refractivity contribution in [3.63, 3.8) is 0 Å². The molecule has 0 aromatic heterocycles. The Balaban J connectivity index is 1.95. The zero-order valence-electron chi connectivity index (χ0n) is 13.3. The average molecular weight is 282 g/mol. The molecule has 4 heteroatoms. The van der Waals surface area contributed by atoms with Crippen molar-refractivity contribution in [1.82, 2.24) is 9.80 Å². The Morgan fingerprint density at radius 3 is 2.55 bits per heavy atom. The zero-order valence-corrected chi connectivity index (χ0v) is 13.3. The summed E-state index contributed by atoms with van der Waals surface area (Å²) < 4.78 is 5.38. The third-order valence-electron chi connectivity index (χ3n) is 4.86. The number of hydrogen-bond donors (Lipinski definition) is 0. The topological polar surface area (TPSA) is 32.8 Å². The van der Waals surface area contributed by atoms with Gasteiger partial charge in [0.05, 0.1) is 13.2 Å². The molecule has 4 nitrogen and oxygen atoms in total. The molecule has 116 valence electrons. The fraction of sp³-hybridized carbons (Fsp3) is 0.938. The first-order valence-electron chi connectivity index (χ1n) is 8.23. The maximum atomic E-state index is 12.3. The molecule has 2 fully saturated rings. The molecule has 0 aromatic carbocycles. The highest BCUT2D eigenvalue weighted by molar-refractivity contribution is 5.77. The lowest BCUT2D eigenvalue weighted by Crippen LogP contribution is -2.53. The van der Waals surface area contributed by atoms with E-state index in [1.807, 2.05) is 0 Å². The lowest BCUT2D eigenvalue weighted by Gasteiger charge is -2.44. The van der Waals surface area contributed by atoms with Gasteiger partial charge in [-0.1, -0.05) is 27.2 Å². The molecule has 0 aliphatic carbocycles. The van der Waals surface area contributed by atoms with Gasteiger partial charge in [0.15, 0.2) is 0 Å². The summed E-state index contributed by atoms with van der Waals surface area (Å²) in [6, 6.07) is 0.433. The molecule has 2 atom stereocenters. The van der Waals surface area contributed by atoms with Crippen molar-refractivity contribution in [3.8, 4) is 0 Å². The van der Waals surface area contributed by atoms with Gasteiger partial charge in [-0.2, -0.15) is 0 Å². The summed E-state index contributed by atoms with van der Waals surface area (Å²) in [4.78, 5) is 16.9. The van der Waals surface area contributed by atoms with Crippen molar-refractivity contribution < 1.29 is 9.53 Å². The summed E-state index contributed by atoms with van der Waals surface area (Å²) in [6.45, 7) is 12.3. The second-order valence-electron chi connectivity index (χ2n) is 6.48. The van der Waals surface area contributed by atoms with Crippen LogP contribution in [0.4, 0.5) is 0 Å². The van der Waals surface area contributed by atoms with E-state index in [1.54, 1.807) is 0 Å². The minimum atomic E-state index is 0.363. The van der Waals surface area contributed by atoms with E-state index in [-0.39, 0.29) is 0 Å². The van der Waals surface area contributed by atoms with E-state index in [4.69, 9.17) is 4.74 Å². The Labute approximate surface area is 123 Å². The number of carbonyl (C=O) groups excluding carboxylic acids is 1. The van der Waals surface area contributed by atoms with Crippen LogP contribution in [0.2, 0.25) is 0 Å². The summed E-state index contributed by atoms with van der Waals surface area (Å²) in [5, 5.41) is 0. The van der Waals surface area contributed by atoms with E-state index in [0.29, 0.717) is 23.8 Å². The van der Waals surface area contributed by atoms with E-state index in [9.17, 15) is 4.79 Å². The Kier molecular flexibility index (Phi) is 5.85. The average Bonchev–Trinajstić information content (AvgIpc) is 2.46. The summed E-state index contributed by atoms with van der Waals surface area (Å²) in [5.41, 5.74) is 0. The van der Waals surface area contributed by atoms with E-state index in [0.717, 1.165) is 52.2 Å². The molecule has 2 heterocycles. The predicted molar refractivity (Wildman–Crippen MR) is 80.6 cm³/mol. The van der Waals surface area contributed by atoms with Crippen LogP contribution >= 0.6 is 0 Å². The van der Waals surface area contributed by atoms with Crippen molar-refractivity contribution in [1.29, 1.82) is 0 Å². The predicted octanol–water partition coefficient (Wildman–Crippen LogP) is 1.99. The van der Waals surface area contributed by atoms with Gasteiger partial charge in [-0.05, 0) is 18.3 Å². The molecular formula is C16H30N2O2. The minimum Gasteiger partial charge on any atom is -0.379 e. The fourth-order valence-corrected chi connectivity index (χ4v) is 3.74. The van der Waals surface area contributed by atoms with Gasteiger partial charge in [0.25, 0.3) is 0 Å². The Morgan fingerprint density at radius 1 is 1.25 bits per heavy atom. The van der Waals surface area contributed by atoms with E-state index in [2.05, 4.69) is 30.6 Å². The van der Waals surface area contributed by atoms with E-state index >= 15 is 0 Å². The number of likely N-dealkylation sites (tertiary alicyclic amines) is 1. The number of piperidine rings is 1. The largest absolute Gasteiger partial charge is 0.379 e. The molecule has 0 bridgehead atoms. The van der Waals surface area contributed by atoms with Gasteiger partial charge in [0.1, 0.15) is 0 Å². The first-order chi connectivity index (χ1) is 9.63. The second-order valence-corrected chi connectivity index (χ2v) is 6.48. The minimum absolute atomic E-state index is 0.363. The van der Waals surface area contributed by atoms with Crippen molar-refractivity contribution in [2.24, 2.45) is 11.8 Å². The van der Waals surface area contributed by atoms with Crippen LogP contribution in [0.5, 0.6) is 0 Å². The maximum Gasteiger partial charge on any atom is 0.222 e. The monoisotopic (exact) mass is 282 g/mol. The molecule has 0 radical (unpaired) electrons. The van der Waals surface area contributed by atoms with Gasteiger partial charge in [-0.3, -0.25) is 9.69 Å². The molecule has 0 saturated carbocycles. The van der Waals surface area contributed by atoms with Gasteiger partial charge < -0.3 is 9.64 Å². The first kappa shape index (κ1) is 15.8. The third-order valence-corrected chi connectivity index (χ3v) is 4.86. The van der Waals surface area contributed by atoms with E-state index < -0.39 is 0 Å². The standard InChI is InChI=1S/C16H30N2O2/c1-4-14-5-6-15(19)18(16(14)13(2)3)8-7-17-9-11-20-12-10-17/h13-14,16H,4-12H2,1-3H3/t14-,16?/m0/s1. The molecule has 20 heavy (non-hydrogen) atoms. The van der Waals surface area contributed by atoms with Crippen molar-refractivity contribution >= 4 is 5.91 Å². The van der Waals surface area contributed by atoms with Gasteiger partial charge in [-0.15, -0.1) is 0 Å². The molecule has 2 aliphatic heterocycles. The highest BCUT2D eigenvalue weighted by atomic mass is 16.5. The Morgan fingerprint density at radius 2 is 1.95 bits per heavy atom. The van der Waals surface area contributed by atoms with Gasteiger partial charge in [-0.25, -0.2) is 0 Å². The number of ether oxygens (including phenoxy) is 1. The van der Waals surface area contributed by atoms with Gasteiger partial charge in [0, 0.05) is 38.6 Å². The van der Waals surface area contributed by atoms with Crippen molar-refractivity contribution in [2.45, 2.75) is 46.1 Å². The lowest BCUT2D eigenvalue weighted by atomic mass is 9.81. The van der Waals surface area contributed by atoms with Gasteiger partial charge in [0.2, 0.25) is 5.91 Å². The highest BCUT2D eigenvalue weighted by Crippen LogP contribution is 2.31. The summed E-state index contributed by atoms with van der Waals surface area (Å²) in [6.07, 6.45) is 3.00. The van der Waals surface area contributed by atoms with Crippen LogP contribution in [0, 0.1) is 11.8 Å². The number of amides is 1. The second kappa shape index (κ2) is 7.41. The highest BCUT2D eigenvalue weighted by Gasteiger charge is 2.36. The fourth-order valence-electron chi connectivity index (χ4n) is 3.74. The van der Waals surface area contributed by atoms with Crippen LogP contribution in [-0.2, 0) is 9.53 Å². The normalized spacial score (nSPS) is 29.2. The number of nitrogens with zero attached hydrogens (tertiary/aromatic N) is 2. The Hall–Kier alpha value is -0.610. The number of morpholine rings is 1. The van der Waals surface area contributed by atoms with Crippen LogP contribution in [0.1, 0.15) is 40.0 Å². The smallest absolute Gasteiger partial charge is 0.222 e. The van der Waals surface area contributed by atoms with Crippen molar-refractivity contribution in [3.05, 3.63) is 0 Å². The number of hydrogen-bond acceptors (Lipinski definition) is 3. The van der Waals surface area contributed by atoms with Crippen LogP contribution < -0.4 is 0 Å². The molecule has 0 N–H and O–H groups in total. The third kappa shape index (κ3) is 3.73. The first-order valence-corrected chi connectivity index (χ1v) is 8.23. The van der Waals surface area contributed by atoms with Gasteiger partial charge >= 0.3 is 0 Å². The van der Waals surface area contributed by atoms with Crippen LogP contribution in [0.15, 0.2) is 0 Å². The van der Waals surface area contributed by atoms with Crippen LogP contribution in [0.3, 0.4) is 0 Å². The molecule has 0 aromatic rings. The molecule has 2 rings (SSSR count). The molecule has 2 aliphatic rings. The molecule has 2 saturated heterocycles. The zero-order chi connectivity index (χ0) is 14.5. The lowest BCUT2D eigenvalue weighted by molar-refractivity contribution is -0.141.